The van der Waals surface area contributed by atoms with Crippen molar-refractivity contribution >= 4 is 38.3 Å². The van der Waals surface area contributed by atoms with Crippen molar-refractivity contribution in [1.29, 1.82) is 0 Å². The molecule has 2 amide bonds. The second kappa shape index (κ2) is 11.9. The van der Waals surface area contributed by atoms with E-state index in [0.29, 0.717) is 24.4 Å². The van der Waals surface area contributed by atoms with Gasteiger partial charge in [0.05, 0.1) is 19.1 Å². The summed E-state index contributed by atoms with van der Waals surface area (Å²) in [5.74, 6) is -0.0770. The number of fused-ring (bicyclic) bond motifs is 1. The molecule has 0 saturated carbocycles. The van der Waals surface area contributed by atoms with Gasteiger partial charge in [-0.25, -0.2) is 8.42 Å². The minimum absolute atomic E-state index is 0.144. The lowest BCUT2D eigenvalue weighted by atomic mass is 10.1. The zero-order chi connectivity index (χ0) is 26.3. The lowest BCUT2D eigenvalue weighted by Crippen LogP contribution is -2.52. The number of carbonyl (C=O) groups excluding carboxylic acids is 2. The number of anilines is 1. The zero-order valence-corrected chi connectivity index (χ0v) is 21.9. The third kappa shape index (κ3) is 6.34. The number of amides is 2. The topological polar surface area (TPSA) is 96.0 Å². The van der Waals surface area contributed by atoms with Crippen molar-refractivity contribution in [3.8, 4) is 5.75 Å². The highest BCUT2D eigenvalue weighted by atomic mass is 32.2. The first-order chi connectivity index (χ1) is 17.2. The Hall–Kier alpha value is -3.59. The smallest absolute Gasteiger partial charge is 0.244 e. The fourth-order valence-corrected chi connectivity index (χ4v) is 5.02. The molecule has 0 aromatic heterocycles. The Bertz CT molecular complexity index is 1300. The first-order valence-electron chi connectivity index (χ1n) is 11.8. The normalized spacial score (nSPS) is 12.1. The molecule has 3 aromatic rings. The second-order valence-electron chi connectivity index (χ2n) is 8.46. The van der Waals surface area contributed by atoms with Gasteiger partial charge in [0, 0.05) is 18.5 Å². The number of ether oxygens (including phenoxy) is 1. The van der Waals surface area contributed by atoms with E-state index in [9.17, 15) is 18.0 Å². The maximum absolute atomic E-state index is 13.8. The van der Waals surface area contributed by atoms with Gasteiger partial charge in [0.25, 0.3) is 0 Å². The number of benzene rings is 3. The van der Waals surface area contributed by atoms with Crippen LogP contribution < -0.4 is 14.4 Å². The molecular weight excluding hydrogens is 478 g/mol. The fraction of sp³-hybridized carbons (Fsp3) is 0.333. The van der Waals surface area contributed by atoms with Gasteiger partial charge < -0.3 is 15.0 Å². The number of nitrogens with one attached hydrogen (secondary N) is 1. The highest BCUT2D eigenvalue weighted by molar-refractivity contribution is 7.92. The van der Waals surface area contributed by atoms with Crippen molar-refractivity contribution in [3.05, 3.63) is 72.3 Å². The Morgan fingerprint density at radius 1 is 0.972 bits per heavy atom. The molecule has 0 fully saturated rings. The summed E-state index contributed by atoms with van der Waals surface area (Å²) in [6.07, 6.45) is 1.46. The minimum atomic E-state index is -3.81. The summed E-state index contributed by atoms with van der Waals surface area (Å²) in [7, 11) is -2.24. The van der Waals surface area contributed by atoms with Crippen molar-refractivity contribution in [2.45, 2.75) is 32.9 Å². The molecule has 1 N–H and O–H groups in total. The molecule has 3 rings (SSSR count). The van der Waals surface area contributed by atoms with E-state index in [0.717, 1.165) is 26.9 Å². The average Bonchev–Trinajstić information content (AvgIpc) is 2.86. The third-order valence-corrected chi connectivity index (χ3v) is 7.09. The number of carbonyl (C=O) groups is 2. The largest absolute Gasteiger partial charge is 0.497 e. The number of hydrogen-bond acceptors (Lipinski definition) is 5. The summed E-state index contributed by atoms with van der Waals surface area (Å²) in [5, 5.41) is 4.37. The number of sulfonamides is 1. The number of likely N-dealkylation sites (N-methyl/N-ethyl adjacent to an activating group) is 1. The second-order valence-corrected chi connectivity index (χ2v) is 10.4. The number of nitrogens with zero attached hydrogens (tertiary/aromatic N) is 2. The summed E-state index contributed by atoms with van der Waals surface area (Å²) in [6, 6.07) is 19.2. The van der Waals surface area contributed by atoms with Crippen LogP contribution in [0.25, 0.3) is 10.8 Å². The maximum Gasteiger partial charge on any atom is 0.244 e. The van der Waals surface area contributed by atoms with Crippen LogP contribution in [0.4, 0.5) is 5.69 Å². The van der Waals surface area contributed by atoms with Gasteiger partial charge in [-0.15, -0.1) is 0 Å². The van der Waals surface area contributed by atoms with E-state index >= 15 is 0 Å². The minimum Gasteiger partial charge on any atom is -0.497 e. The molecule has 0 aliphatic heterocycles. The van der Waals surface area contributed by atoms with Crippen LogP contribution in [0.1, 0.15) is 25.8 Å². The molecule has 0 bridgehead atoms. The van der Waals surface area contributed by atoms with E-state index < -0.39 is 28.5 Å². The van der Waals surface area contributed by atoms with E-state index in [4.69, 9.17) is 4.74 Å². The molecule has 0 saturated heterocycles. The van der Waals surface area contributed by atoms with Gasteiger partial charge >= 0.3 is 0 Å². The fourth-order valence-electron chi connectivity index (χ4n) is 4.16. The summed E-state index contributed by atoms with van der Waals surface area (Å²) >= 11 is 0. The number of hydrogen-bond donors (Lipinski definition) is 1. The Balaban J connectivity index is 2.01. The molecule has 36 heavy (non-hydrogen) atoms. The first kappa shape index (κ1) is 27.0. The molecule has 192 valence electrons. The van der Waals surface area contributed by atoms with Crippen LogP contribution in [0.5, 0.6) is 5.75 Å². The quantitative estimate of drug-likeness (QED) is 0.425. The highest BCUT2D eigenvalue weighted by Crippen LogP contribution is 2.29. The molecular formula is C27H33N3O5S. The van der Waals surface area contributed by atoms with Gasteiger partial charge in [-0.05, 0) is 42.5 Å². The molecule has 0 aliphatic carbocycles. The molecule has 0 aliphatic rings. The molecule has 3 aromatic carbocycles. The Morgan fingerprint density at radius 2 is 1.64 bits per heavy atom. The van der Waals surface area contributed by atoms with Gasteiger partial charge in [0.1, 0.15) is 18.3 Å². The molecule has 0 unspecified atom stereocenters. The lowest BCUT2D eigenvalue weighted by molar-refractivity contribution is -0.140. The number of rotatable bonds is 11. The van der Waals surface area contributed by atoms with E-state index in [1.165, 1.54) is 4.90 Å². The van der Waals surface area contributed by atoms with Crippen LogP contribution in [-0.4, -0.2) is 57.6 Å². The molecule has 9 heteroatoms. The van der Waals surface area contributed by atoms with Crippen LogP contribution >= 0.6 is 0 Å². The molecule has 8 nitrogen and oxygen atoms in total. The SMILES string of the molecule is CCNC(=O)[C@H](CC)N(Cc1ccc(OC)cc1)C(=O)CN(c1cccc2ccccc12)S(C)(=O)=O. The van der Waals surface area contributed by atoms with Crippen LogP contribution in [0.15, 0.2) is 66.7 Å². The average molecular weight is 512 g/mol. The molecule has 0 heterocycles. The van der Waals surface area contributed by atoms with Gasteiger partial charge in [-0.1, -0.05) is 55.5 Å². The van der Waals surface area contributed by atoms with Crippen molar-refractivity contribution < 1.29 is 22.7 Å². The first-order valence-corrected chi connectivity index (χ1v) is 13.7. The van der Waals surface area contributed by atoms with Crippen molar-refractivity contribution in [2.24, 2.45) is 0 Å². The molecule has 0 radical (unpaired) electrons. The molecule has 0 spiro atoms. The van der Waals surface area contributed by atoms with Crippen molar-refractivity contribution in [3.63, 3.8) is 0 Å². The Labute approximate surface area is 212 Å². The third-order valence-electron chi connectivity index (χ3n) is 5.96. The van der Waals surface area contributed by atoms with Gasteiger partial charge in [0.15, 0.2) is 0 Å². The van der Waals surface area contributed by atoms with E-state index in [1.54, 1.807) is 31.4 Å². The van der Waals surface area contributed by atoms with E-state index in [-0.39, 0.29) is 12.5 Å². The monoisotopic (exact) mass is 511 g/mol. The van der Waals surface area contributed by atoms with Gasteiger partial charge in [-0.2, -0.15) is 0 Å². The molecule has 1 atom stereocenters. The van der Waals surface area contributed by atoms with E-state index in [2.05, 4.69) is 5.32 Å². The van der Waals surface area contributed by atoms with Crippen molar-refractivity contribution in [2.75, 3.05) is 30.8 Å². The van der Waals surface area contributed by atoms with Gasteiger partial charge in [0.2, 0.25) is 21.8 Å². The summed E-state index contributed by atoms with van der Waals surface area (Å²) in [6.45, 7) is 3.77. The predicted molar refractivity (Wildman–Crippen MR) is 142 cm³/mol. The van der Waals surface area contributed by atoms with Gasteiger partial charge in [-0.3, -0.25) is 13.9 Å². The predicted octanol–water partition coefficient (Wildman–Crippen LogP) is 3.56. The summed E-state index contributed by atoms with van der Waals surface area (Å²) in [4.78, 5) is 28.1. The highest BCUT2D eigenvalue weighted by Gasteiger charge is 2.32. The summed E-state index contributed by atoms with van der Waals surface area (Å²) in [5.41, 5.74) is 1.21. The lowest BCUT2D eigenvalue weighted by Gasteiger charge is -2.33. The van der Waals surface area contributed by atoms with Crippen LogP contribution in [0.2, 0.25) is 0 Å². The Kier molecular flexibility index (Phi) is 8.93. The van der Waals surface area contributed by atoms with Crippen LogP contribution in [0.3, 0.4) is 0 Å². The van der Waals surface area contributed by atoms with Crippen molar-refractivity contribution in [1.82, 2.24) is 10.2 Å². The zero-order valence-electron chi connectivity index (χ0n) is 21.1. The maximum atomic E-state index is 13.8. The van der Waals surface area contributed by atoms with Crippen LogP contribution in [0, 0.1) is 0 Å². The standard InChI is InChI=1S/C27H33N3O5S/c1-5-24(27(32)28-6-2)29(18-20-14-16-22(35-3)17-15-20)26(31)19-30(36(4,33)34)25-13-9-11-21-10-7-8-12-23(21)25/h7-17,24H,5-6,18-19H2,1-4H3,(H,28,32)/t24-/m0/s1. The van der Waals surface area contributed by atoms with E-state index in [1.807, 2.05) is 56.3 Å². The number of methoxy groups -OCH3 is 1. The summed E-state index contributed by atoms with van der Waals surface area (Å²) < 4.78 is 32.1. The Morgan fingerprint density at radius 3 is 2.25 bits per heavy atom. The van der Waals surface area contributed by atoms with Crippen LogP contribution in [-0.2, 0) is 26.2 Å².